The fourth-order valence-corrected chi connectivity index (χ4v) is 1.44. The molecule has 4 heteroatoms. The van der Waals surface area contributed by atoms with E-state index in [4.69, 9.17) is 5.11 Å². The van der Waals surface area contributed by atoms with Crippen LogP contribution in [0.4, 0.5) is 13.2 Å². The Hall–Kier alpha value is -0.770. The largest absolute Gasteiger partial charge is 0.412 e. The Bertz CT molecular complexity index is 253. The average molecular weight is 206 g/mol. The Morgan fingerprint density at radius 3 is 2.71 bits per heavy atom. The molecule has 1 nitrogen and oxygen atoms in total. The van der Waals surface area contributed by atoms with E-state index in [0.29, 0.717) is 0 Å². The first-order valence-electron chi connectivity index (χ1n) is 4.50. The molecule has 2 unspecified atom stereocenters. The van der Waals surface area contributed by atoms with Gasteiger partial charge in [0.05, 0.1) is 0 Å². The van der Waals surface area contributed by atoms with E-state index in [2.05, 4.69) is 0 Å². The summed E-state index contributed by atoms with van der Waals surface area (Å²) in [6, 6.07) is 0. The highest BCUT2D eigenvalue weighted by molar-refractivity contribution is 5.23. The Kier molecular flexibility index (Phi) is 3.37. The standard InChI is InChI=1S/C10H13F3O/c1-7(6-14)8-3-2-4-9(5-8)10(11,12)13/h2-4,7-8,14H,5-6H2,1H3. The number of rotatable bonds is 2. The molecular formula is C10H13F3O. The third-order valence-electron chi connectivity index (χ3n) is 2.49. The summed E-state index contributed by atoms with van der Waals surface area (Å²) in [6.07, 6.45) is -0.0280. The molecule has 1 aliphatic carbocycles. The highest BCUT2D eigenvalue weighted by Crippen LogP contribution is 2.35. The first-order valence-corrected chi connectivity index (χ1v) is 4.50. The van der Waals surface area contributed by atoms with Gasteiger partial charge in [0.25, 0.3) is 0 Å². The number of hydrogen-bond acceptors (Lipinski definition) is 1. The lowest BCUT2D eigenvalue weighted by Gasteiger charge is -2.24. The second kappa shape index (κ2) is 4.17. The zero-order valence-corrected chi connectivity index (χ0v) is 7.88. The summed E-state index contributed by atoms with van der Waals surface area (Å²) in [6.45, 7) is 1.66. The third-order valence-corrected chi connectivity index (χ3v) is 2.49. The zero-order valence-electron chi connectivity index (χ0n) is 7.88. The van der Waals surface area contributed by atoms with Gasteiger partial charge >= 0.3 is 6.18 Å². The van der Waals surface area contributed by atoms with Gasteiger partial charge < -0.3 is 5.11 Å². The lowest BCUT2D eigenvalue weighted by molar-refractivity contribution is -0.0957. The van der Waals surface area contributed by atoms with Gasteiger partial charge in [-0.2, -0.15) is 13.2 Å². The highest BCUT2D eigenvalue weighted by Gasteiger charge is 2.35. The molecule has 0 amide bonds. The van der Waals surface area contributed by atoms with E-state index < -0.39 is 11.7 Å². The number of allylic oxidation sites excluding steroid dienone is 4. The lowest BCUT2D eigenvalue weighted by atomic mass is 9.85. The molecule has 0 aromatic carbocycles. The maximum absolute atomic E-state index is 12.3. The van der Waals surface area contributed by atoms with Crippen LogP contribution in [0, 0.1) is 11.8 Å². The van der Waals surface area contributed by atoms with Gasteiger partial charge in [0.2, 0.25) is 0 Å². The summed E-state index contributed by atoms with van der Waals surface area (Å²) in [5.74, 6) is -0.334. The summed E-state index contributed by atoms with van der Waals surface area (Å²) in [5, 5.41) is 8.84. The summed E-state index contributed by atoms with van der Waals surface area (Å²) < 4.78 is 37.0. The van der Waals surface area contributed by atoms with Crippen molar-refractivity contribution in [2.75, 3.05) is 6.61 Å². The lowest BCUT2D eigenvalue weighted by Crippen LogP contribution is -2.21. The van der Waals surface area contributed by atoms with Crippen molar-refractivity contribution >= 4 is 0 Å². The minimum Gasteiger partial charge on any atom is -0.396 e. The van der Waals surface area contributed by atoms with Crippen LogP contribution in [-0.2, 0) is 0 Å². The minimum atomic E-state index is -4.24. The smallest absolute Gasteiger partial charge is 0.396 e. The predicted octanol–water partition coefficient (Wildman–Crippen LogP) is 2.68. The van der Waals surface area contributed by atoms with Crippen molar-refractivity contribution in [2.45, 2.75) is 19.5 Å². The van der Waals surface area contributed by atoms with Gasteiger partial charge in [-0.1, -0.05) is 25.2 Å². The van der Waals surface area contributed by atoms with Crippen LogP contribution in [0.5, 0.6) is 0 Å². The van der Waals surface area contributed by atoms with Gasteiger partial charge in [0.1, 0.15) is 0 Å². The fraction of sp³-hybridized carbons (Fsp3) is 0.600. The summed E-state index contributed by atoms with van der Waals surface area (Å²) in [5.41, 5.74) is -0.509. The topological polar surface area (TPSA) is 20.2 Å². The van der Waals surface area contributed by atoms with E-state index in [-0.39, 0.29) is 24.9 Å². The van der Waals surface area contributed by atoms with Crippen molar-refractivity contribution in [3.8, 4) is 0 Å². The molecule has 0 spiro atoms. The molecule has 0 aromatic rings. The Labute approximate surface area is 80.9 Å². The van der Waals surface area contributed by atoms with E-state index in [1.807, 2.05) is 0 Å². The molecule has 2 atom stereocenters. The monoisotopic (exact) mass is 206 g/mol. The molecule has 0 saturated heterocycles. The summed E-state index contributed by atoms with van der Waals surface area (Å²) in [4.78, 5) is 0. The van der Waals surface area contributed by atoms with Crippen LogP contribution in [0.1, 0.15) is 13.3 Å². The van der Waals surface area contributed by atoms with E-state index in [1.54, 1.807) is 13.0 Å². The van der Waals surface area contributed by atoms with Crippen molar-refractivity contribution in [2.24, 2.45) is 11.8 Å². The Morgan fingerprint density at radius 2 is 2.21 bits per heavy atom. The Balaban J connectivity index is 2.69. The molecule has 14 heavy (non-hydrogen) atoms. The van der Waals surface area contributed by atoms with Crippen molar-refractivity contribution in [1.29, 1.82) is 0 Å². The van der Waals surface area contributed by atoms with Crippen LogP contribution in [0.15, 0.2) is 23.8 Å². The van der Waals surface area contributed by atoms with Gasteiger partial charge in [-0.3, -0.25) is 0 Å². The zero-order chi connectivity index (χ0) is 10.8. The maximum Gasteiger partial charge on any atom is 0.412 e. The first kappa shape index (κ1) is 11.3. The number of halogens is 3. The second-order valence-electron chi connectivity index (χ2n) is 3.60. The molecule has 0 bridgehead atoms. The van der Waals surface area contributed by atoms with E-state index in [0.717, 1.165) is 6.08 Å². The van der Waals surface area contributed by atoms with Crippen LogP contribution in [0.3, 0.4) is 0 Å². The number of aliphatic hydroxyl groups is 1. The predicted molar refractivity (Wildman–Crippen MR) is 47.6 cm³/mol. The molecule has 0 saturated carbocycles. The van der Waals surface area contributed by atoms with Crippen LogP contribution < -0.4 is 0 Å². The van der Waals surface area contributed by atoms with Crippen LogP contribution >= 0.6 is 0 Å². The van der Waals surface area contributed by atoms with Gasteiger partial charge in [0.15, 0.2) is 0 Å². The molecule has 1 rings (SSSR count). The summed E-state index contributed by atoms with van der Waals surface area (Å²) >= 11 is 0. The van der Waals surface area contributed by atoms with E-state index >= 15 is 0 Å². The second-order valence-corrected chi connectivity index (χ2v) is 3.60. The van der Waals surface area contributed by atoms with Gasteiger partial charge in [-0.25, -0.2) is 0 Å². The molecule has 0 heterocycles. The molecule has 0 fully saturated rings. The molecule has 1 aliphatic rings. The molecule has 1 N–H and O–H groups in total. The molecule has 0 radical (unpaired) electrons. The minimum absolute atomic E-state index is 0.0261. The van der Waals surface area contributed by atoms with Crippen LogP contribution in [0.2, 0.25) is 0 Å². The van der Waals surface area contributed by atoms with Crippen molar-refractivity contribution in [3.63, 3.8) is 0 Å². The normalized spacial score (nSPS) is 24.6. The number of aliphatic hydroxyl groups excluding tert-OH is 1. The molecule has 0 aromatic heterocycles. The highest BCUT2D eigenvalue weighted by atomic mass is 19.4. The number of hydrogen-bond donors (Lipinski definition) is 1. The van der Waals surface area contributed by atoms with Crippen molar-refractivity contribution in [1.82, 2.24) is 0 Å². The van der Waals surface area contributed by atoms with Gasteiger partial charge in [0, 0.05) is 12.2 Å². The van der Waals surface area contributed by atoms with Crippen molar-refractivity contribution < 1.29 is 18.3 Å². The summed E-state index contributed by atoms with van der Waals surface area (Å²) in [7, 11) is 0. The van der Waals surface area contributed by atoms with E-state index in [9.17, 15) is 13.2 Å². The maximum atomic E-state index is 12.3. The van der Waals surface area contributed by atoms with Crippen LogP contribution in [0.25, 0.3) is 0 Å². The van der Waals surface area contributed by atoms with Gasteiger partial charge in [-0.05, 0) is 18.3 Å². The molecular weight excluding hydrogens is 193 g/mol. The van der Waals surface area contributed by atoms with E-state index in [1.165, 1.54) is 6.08 Å². The fourth-order valence-electron chi connectivity index (χ4n) is 1.44. The van der Waals surface area contributed by atoms with Crippen molar-refractivity contribution in [3.05, 3.63) is 23.8 Å². The number of alkyl halides is 3. The van der Waals surface area contributed by atoms with Crippen LogP contribution in [-0.4, -0.2) is 17.9 Å². The molecule has 80 valence electrons. The SMILES string of the molecule is CC(CO)C1C=CC=C(C(F)(F)F)C1. The first-order chi connectivity index (χ1) is 6.45. The Morgan fingerprint density at radius 1 is 1.57 bits per heavy atom. The third kappa shape index (κ3) is 2.61. The quantitative estimate of drug-likeness (QED) is 0.736. The average Bonchev–Trinajstić information content (AvgIpc) is 2.15. The van der Waals surface area contributed by atoms with Gasteiger partial charge in [-0.15, -0.1) is 0 Å². The molecule has 0 aliphatic heterocycles.